The molecule has 0 spiro atoms. The number of hydrogen-bond acceptors (Lipinski definition) is 3. The second-order valence-electron chi connectivity index (χ2n) is 5.93. The molecule has 1 aromatic rings. The van der Waals surface area contributed by atoms with E-state index >= 15 is 0 Å². The molecule has 1 saturated carbocycles. The van der Waals surface area contributed by atoms with E-state index in [1.54, 1.807) is 0 Å². The lowest BCUT2D eigenvalue weighted by molar-refractivity contribution is 0.253. The van der Waals surface area contributed by atoms with E-state index in [0.717, 1.165) is 22.9 Å². The van der Waals surface area contributed by atoms with Crippen LogP contribution in [-0.4, -0.2) is 17.8 Å². The van der Waals surface area contributed by atoms with Crippen LogP contribution in [0.2, 0.25) is 0 Å². The Labute approximate surface area is 122 Å². The fourth-order valence-corrected chi connectivity index (χ4v) is 3.09. The number of hydrogen-bond donors (Lipinski definition) is 2. The second-order valence-corrected chi connectivity index (χ2v) is 5.93. The molecule has 0 radical (unpaired) electrons. The van der Waals surface area contributed by atoms with Crippen molar-refractivity contribution in [2.24, 2.45) is 11.8 Å². The predicted molar refractivity (Wildman–Crippen MR) is 83.1 cm³/mol. The van der Waals surface area contributed by atoms with Crippen LogP contribution in [0, 0.1) is 11.8 Å². The predicted octanol–water partition coefficient (Wildman–Crippen LogP) is 3.81. The maximum atomic E-state index is 9.46. The Balaban J connectivity index is 2.09. The van der Waals surface area contributed by atoms with Crippen molar-refractivity contribution in [1.29, 1.82) is 0 Å². The molecule has 112 valence electrons. The van der Waals surface area contributed by atoms with Crippen LogP contribution < -0.4 is 10.1 Å². The Morgan fingerprint density at radius 2 is 2.10 bits per heavy atom. The lowest BCUT2D eigenvalue weighted by Crippen LogP contribution is -2.35. The lowest BCUT2D eigenvalue weighted by Gasteiger charge is -2.35. The minimum Gasteiger partial charge on any atom is -0.494 e. The highest BCUT2D eigenvalue weighted by Gasteiger charge is 2.26. The number of aliphatic hydroxyl groups is 1. The number of ether oxygens (including phenoxy) is 1. The van der Waals surface area contributed by atoms with Crippen molar-refractivity contribution < 1.29 is 9.84 Å². The van der Waals surface area contributed by atoms with E-state index in [-0.39, 0.29) is 6.61 Å². The van der Waals surface area contributed by atoms with Gasteiger partial charge in [0.2, 0.25) is 0 Å². The van der Waals surface area contributed by atoms with Crippen LogP contribution in [0.4, 0.5) is 5.69 Å². The molecule has 0 aromatic heterocycles. The number of aliphatic hydroxyl groups excluding tert-OH is 1. The highest BCUT2D eigenvalue weighted by Crippen LogP contribution is 2.32. The molecule has 0 amide bonds. The van der Waals surface area contributed by atoms with Gasteiger partial charge in [0.25, 0.3) is 0 Å². The summed E-state index contributed by atoms with van der Waals surface area (Å²) in [5.41, 5.74) is 1.94. The van der Waals surface area contributed by atoms with Gasteiger partial charge in [0, 0.05) is 17.3 Å². The molecule has 2 N–H and O–H groups in total. The van der Waals surface area contributed by atoms with Gasteiger partial charge in [-0.1, -0.05) is 26.7 Å². The van der Waals surface area contributed by atoms with E-state index < -0.39 is 0 Å². The van der Waals surface area contributed by atoms with Crippen LogP contribution in [0.25, 0.3) is 0 Å². The minimum atomic E-state index is 0.0154. The quantitative estimate of drug-likeness (QED) is 0.860. The first kappa shape index (κ1) is 15.2. The zero-order chi connectivity index (χ0) is 14.5. The van der Waals surface area contributed by atoms with Gasteiger partial charge in [-0.2, -0.15) is 0 Å². The van der Waals surface area contributed by atoms with Crippen LogP contribution in [0.5, 0.6) is 5.75 Å². The van der Waals surface area contributed by atoms with Crippen LogP contribution >= 0.6 is 0 Å². The molecule has 1 aromatic carbocycles. The molecule has 0 aliphatic heterocycles. The van der Waals surface area contributed by atoms with Crippen molar-refractivity contribution in [3.63, 3.8) is 0 Å². The van der Waals surface area contributed by atoms with Crippen molar-refractivity contribution in [3.8, 4) is 5.75 Å². The van der Waals surface area contributed by atoms with Crippen molar-refractivity contribution in [2.75, 3.05) is 11.9 Å². The molecule has 1 fully saturated rings. The van der Waals surface area contributed by atoms with Crippen LogP contribution in [0.3, 0.4) is 0 Å². The first-order valence-corrected chi connectivity index (χ1v) is 7.78. The van der Waals surface area contributed by atoms with Gasteiger partial charge < -0.3 is 15.2 Å². The molecule has 20 heavy (non-hydrogen) atoms. The number of nitrogens with one attached hydrogen (secondary N) is 1. The highest BCUT2D eigenvalue weighted by atomic mass is 16.5. The first-order chi connectivity index (χ1) is 9.65. The average Bonchev–Trinajstić information content (AvgIpc) is 2.45. The molecule has 0 heterocycles. The zero-order valence-corrected chi connectivity index (χ0v) is 12.9. The smallest absolute Gasteiger partial charge is 0.124 e. The Morgan fingerprint density at radius 1 is 1.30 bits per heavy atom. The summed E-state index contributed by atoms with van der Waals surface area (Å²) in [4.78, 5) is 0. The molecule has 3 heteroatoms. The summed E-state index contributed by atoms with van der Waals surface area (Å²) in [6.07, 6.45) is 3.87. The fourth-order valence-electron chi connectivity index (χ4n) is 3.09. The van der Waals surface area contributed by atoms with Gasteiger partial charge in [-0.25, -0.2) is 0 Å². The highest BCUT2D eigenvalue weighted by molar-refractivity contribution is 5.51. The maximum Gasteiger partial charge on any atom is 0.124 e. The van der Waals surface area contributed by atoms with E-state index in [1.165, 1.54) is 19.3 Å². The third-order valence-corrected chi connectivity index (χ3v) is 4.59. The Kier molecular flexibility index (Phi) is 5.30. The van der Waals surface area contributed by atoms with Gasteiger partial charge >= 0.3 is 0 Å². The molecular formula is C17H27NO2. The van der Waals surface area contributed by atoms with Crippen LogP contribution in [0.15, 0.2) is 18.2 Å². The summed E-state index contributed by atoms with van der Waals surface area (Å²) in [5, 5.41) is 13.1. The van der Waals surface area contributed by atoms with E-state index in [9.17, 15) is 5.11 Å². The maximum absolute atomic E-state index is 9.46. The van der Waals surface area contributed by atoms with Gasteiger partial charge in [-0.05, 0) is 43.4 Å². The molecule has 0 saturated heterocycles. The summed E-state index contributed by atoms with van der Waals surface area (Å²) < 4.78 is 5.52. The van der Waals surface area contributed by atoms with Crippen LogP contribution in [-0.2, 0) is 6.61 Å². The molecule has 1 aliphatic carbocycles. The molecule has 1 aliphatic rings. The molecule has 3 nitrogen and oxygen atoms in total. The first-order valence-electron chi connectivity index (χ1n) is 7.78. The van der Waals surface area contributed by atoms with Gasteiger partial charge in [0.15, 0.2) is 0 Å². The summed E-state index contributed by atoms with van der Waals surface area (Å²) in [6.45, 7) is 7.27. The summed E-state index contributed by atoms with van der Waals surface area (Å²) in [6, 6.07) is 6.55. The topological polar surface area (TPSA) is 41.5 Å². The minimum absolute atomic E-state index is 0.0154. The Hall–Kier alpha value is -1.22. The van der Waals surface area contributed by atoms with Gasteiger partial charge in [-0.15, -0.1) is 0 Å². The van der Waals surface area contributed by atoms with Crippen molar-refractivity contribution in [2.45, 2.75) is 52.7 Å². The number of benzene rings is 1. The van der Waals surface area contributed by atoms with Gasteiger partial charge in [-0.3, -0.25) is 0 Å². The normalized spacial score (nSPS) is 26.3. The second kappa shape index (κ2) is 6.98. The zero-order valence-electron chi connectivity index (χ0n) is 12.9. The monoisotopic (exact) mass is 277 g/mol. The number of rotatable bonds is 5. The standard InChI is InChI=1S/C17H27NO2/c1-4-20-17-9-8-15(10-14(17)11-19)18-16-7-5-6-12(2)13(16)3/h8-10,12-13,16,18-19H,4-7,11H2,1-3H3. The molecule has 0 bridgehead atoms. The third-order valence-electron chi connectivity index (χ3n) is 4.59. The molecule has 3 unspecified atom stereocenters. The van der Waals surface area contributed by atoms with Crippen LogP contribution in [0.1, 0.15) is 45.6 Å². The summed E-state index contributed by atoms with van der Waals surface area (Å²) in [5.74, 6) is 2.25. The van der Waals surface area contributed by atoms with Crippen molar-refractivity contribution >= 4 is 5.69 Å². The van der Waals surface area contributed by atoms with Gasteiger partial charge in [0.05, 0.1) is 13.2 Å². The Bertz CT molecular complexity index is 433. The molecular weight excluding hydrogens is 250 g/mol. The van der Waals surface area contributed by atoms with E-state index in [4.69, 9.17) is 4.74 Å². The number of anilines is 1. The van der Waals surface area contributed by atoms with Gasteiger partial charge in [0.1, 0.15) is 5.75 Å². The van der Waals surface area contributed by atoms with E-state index in [1.807, 2.05) is 19.1 Å². The fraction of sp³-hybridized carbons (Fsp3) is 0.647. The third kappa shape index (κ3) is 3.45. The summed E-state index contributed by atoms with van der Waals surface area (Å²) >= 11 is 0. The SMILES string of the molecule is CCOc1ccc(NC2CCCC(C)C2C)cc1CO. The largest absolute Gasteiger partial charge is 0.494 e. The lowest BCUT2D eigenvalue weighted by atomic mass is 9.78. The van der Waals surface area contributed by atoms with Crippen molar-refractivity contribution in [3.05, 3.63) is 23.8 Å². The molecule has 2 rings (SSSR count). The van der Waals surface area contributed by atoms with Crippen molar-refractivity contribution in [1.82, 2.24) is 0 Å². The molecule has 3 atom stereocenters. The summed E-state index contributed by atoms with van der Waals surface area (Å²) in [7, 11) is 0. The van der Waals surface area contributed by atoms with E-state index in [0.29, 0.717) is 18.6 Å². The van der Waals surface area contributed by atoms with E-state index in [2.05, 4.69) is 25.2 Å². The Morgan fingerprint density at radius 3 is 2.80 bits per heavy atom. The average molecular weight is 277 g/mol.